The molecule has 1 aromatic carbocycles. The number of rotatable bonds is 10. The minimum absolute atomic E-state index is 0.0235. The molecular formula is C16H22ClN5O4. The van der Waals surface area contributed by atoms with E-state index in [4.69, 9.17) is 26.8 Å². The van der Waals surface area contributed by atoms with Crippen molar-refractivity contribution in [1.82, 2.24) is 20.9 Å². The number of nitrogen functional groups attached to an aromatic ring is 1. The number of hydrogen-bond acceptors (Lipinski definition) is 8. The molecule has 26 heavy (non-hydrogen) atoms. The number of benzene rings is 1. The molecule has 10 heteroatoms. The first-order valence-corrected chi connectivity index (χ1v) is 8.59. The van der Waals surface area contributed by atoms with Gasteiger partial charge in [0.05, 0.1) is 18.2 Å². The molecule has 142 valence electrons. The van der Waals surface area contributed by atoms with Gasteiger partial charge in [-0.25, -0.2) is 4.63 Å². The zero-order valence-corrected chi connectivity index (χ0v) is 15.4. The summed E-state index contributed by atoms with van der Waals surface area (Å²) in [5.41, 5.74) is 6.38. The monoisotopic (exact) mass is 383 g/mol. The summed E-state index contributed by atoms with van der Waals surface area (Å²) < 4.78 is 15.5. The lowest BCUT2D eigenvalue weighted by Crippen LogP contribution is -2.32. The maximum absolute atomic E-state index is 11.8. The average molecular weight is 384 g/mol. The summed E-state index contributed by atoms with van der Waals surface area (Å²) in [6.07, 6.45) is 0. The molecule has 9 nitrogen and oxygen atoms in total. The Morgan fingerprint density at radius 1 is 1.23 bits per heavy atom. The minimum Gasteiger partial charge on any atom is -0.490 e. The highest BCUT2D eigenvalue weighted by Crippen LogP contribution is 2.36. The first-order valence-electron chi connectivity index (χ1n) is 8.21. The van der Waals surface area contributed by atoms with Crippen molar-refractivity contribution in [3.8, 4) is 11.5 Å². The lowest BCUT2D eigenvalue weighted by molar-refractivity contribution is 0.0944. The third kappa shape index (κ3) is 5.24. The molecule has 4 N–H and O–H groups in total. The summed E-state index contributed by atoms with van der Waals surface area (Å²) >= 11 is 6.28. The fraction of sp³-hybridized carbons (Fsp3) is 0.438. The van der Waals surface area contributed by atoms with Crippen LogP contribution in [0.2, 0.25) is 5.02 Å². The van der Waals surface area contributed by atoms with Crippen LogP contribution in [0, 0.1) is 0 Å². The first kappa shape index (κ1) is 19.8. The quantitative estimate of drug-likeness (QED) is 0.528. The van der Waals surface area contributed by atoms with E-state index < -0.39 is 5.91 Å². The van der Waals surface area contributed by atoms with Crippen LogP contribution in [0.4, 0.5) is 5.82 Å². The number of carbonyl (C=O) groups excluding carboxylic acids is 1. The smallest absolute Gasteiger partial charge is 0.277 e. The summed E-state index contributed by atoms with van der Waals surface area (Å²) in [5.74, 6) is 0.683. The van der Waals surface area contributed by atoms with Gasteiger partial charge in [0.25, 0.3) is 5.91 Å². The zero-order chi connectivity index (χ0) is 18.9. The number of ether oxygens (including phenoxy) is 2. The zero-order valence-electron chi connectivity index (χ0n) is 14.7. The third-order valence-corrected chi connectivity index (χ3v) is 3.58. The first-order chi connectivity index (χ1) is 12.6. The van der Waals surface area contributed by atoms with E-state index in [1.165, 1.54) is 0 Å². The molecule has 0 radical (unpaired) electrons. The number of halogens is 1. The van der Waals surface area contributed by atoms with Gasteiger partial charge < -0.3 is 25.8 Å². The number of amides is 1. The van der Waals surface area contributed by atoms with Gasteiger partial charge in [-0.1, -0.05) is 11.6 Å². The number of nitrogens with zero attached hydrogens (tertiary/aromatic N) is 2. The van der Waals surface area contributed by atoms with Gasteiger partial charge in [0.2, 0.25) is 11.5 Å². The molecule has 0 aliphatic rings. The molecule has 0 bridgehead atoms. The van der Waals surface area contributed by atoms with Crippen molar-refractivity contribution >= 4 is 23.3 Å². The number of nitrogens with one attached hydrogen (secondary N) is 2. The van der Waals surface area contributed by atoms with Crippen molar-refractivity contribution in [2.24, 2.45) is 0 Å². The van der Waals surface area contributed by atoms with Crippen molar-refractivity contribution in [2.45, 2.75) is 20.4 Å². The minimum atomic E-state index is -0.437. The van der Waals surface area contributed by atoms with Crippen LogP contribution in [-0.4, -0.2) is 42.5 Å². The highest BCUT2D eigenvalue weighted by Gasteiger charge is 2.15. The average Bonchev–Trinajstić information content (AvgIpc) is 3.04. The van der Waals surface area contributed by atoms with E-state index in [0.717, 1.165) is 5.56 Å². The van der Waals surface area contributed by atoms with Crippen LogP contribution < -0.4 is 25.8 Å². The van der Waals surface area contributed by atoms with E-state index >= 15 is 0 Å². The second-order valence-corrected chi connectivity index (χ2v) is 5.61. The Morgan fingerprint density at radius 2 is 2.00 bits per heavy atom. The molecule has 1 aromatic heterocycles. The van der Waals surface area contributed by atoms with Crippen molar-refractivity contribution < 1.29 is 18.9 Å². The van der Waals surface area contributed by atoms with Crippen LogP contribution in [0.1, 0.15) is 29.9 Å². The van der Waals surface area contributed by atoms with E-state index in [0.29, 0.717) is 49.4 Å². The summed E-state index contributed by atoms with van der Waals surface area (Å²) in [6.45, 7) is 6.27. The summed E-state index contributed by atoms with van der Waals surface area (Å²) in [7, 11) is 0. The summed E-state index contributed by atoms with van der Waals surface area (Å²) in [6, 6.07) is 3.70. The van der Waals surface area contributed by atoms with Crippen LogP contribution in [0.25, 0.3) is 0 Å². The number of aromatic nitrogens is 2. The lowest BCUT2D eigenvalue weighted by Gasteiger charge is -2.14. The molecule has 2 aromatic rings. The topological polar surface area (TPSA) is 125 Å². The molecule has 1 amide bonds. The number of hydrogen-bond donors (Lipinski definition) is 3. The van der Waals surface area contributed by atoms with Crippen LogP contribution in [0.15, 0.2) is 16.8 Å². The van der Waals surface area contributed by atoms with Crippen molar-refractivity contribution in [3.63, 3.8) is 0 Å². The molecular weight excluding hydrogens is 362 g/mol. The van der Waals surface area contributed by atoms with Gasteiger partial charge in [-0.05, 0) is 41.9 Å². The molecule has 0 aliphatic heterocycles. The SMILES string of the molecule is CCOc1cc(CNCCNC(=O)c2nonc2N)cc(Cl)c1OCC. The van der Waals surface area contributed by atoms with E-state index in [2.05, 4.69) is 25.6 Å². The Morgan fingerprint density at radius 3 is 2.65 bits per heavy atom. The number of nitrogens with two attached hydrogens (primary N) is 1. The Labute approximate surface area is 156 Å². The van der Waals surface area contributed by atoms with Gasteiger partial charge >= 0.3 is 0 Å². The standard InChI is InChI=1S/C16H22ClN5O4/c1-3-24-12-8-10(7-11(17)14(12)25-4-2)9-19-5-6-20-16(23)13-15(18)22-26-21-13/h7-8,19H,3-6,9H2,1-2H3,(H2,18,22)(H,20,23). The molecule has 0 unspecified atom stereocenters. The van der Waals surface area contributed by atoms with Crippen LogP contribution in [0.3, 0.4) is 0 Å². The molecule has 0 aliphatic carbocycles. The van der Waals surface area contributed by atoms with Gasteiger partial charge in [-0.3, -0.25) is 4.79 Å². The van der Waals surface area contributed by atoms with Crippen molar-refractivity contribution in [1.29, 1.82) is 0 Å². The predicted molar refractivity (Wildman–Crippen MR) is 96.5 cm³/mol. The van der Waals surface area contributed by atoms with E-state index in [1.54, 1.807) is 0 Å². The highest BCUT2D eigenvalue weighted by atomic mass is 35.5. The van der Waals surface area contributed by atoms with Gasteiger partial charge in [0.1, 0.15) is 0 Å². The van der Waals surface area contributed by atoms with E-state index in [1.807, 2.05) is 26.0 Å². The van der Waals surface area contributed by atoms with Gasteiger partial charge in [0, 0.05) is 19.6 Å². The Kier molecular flexibility index (Phi) is 7.49. The van der Waals surface area contributed by atoms with Gasteiger partial charge in [0.15, 0.2) is 11.5 Å². The normalized spacial score (nSPS) is 10.6. The van der Waals surface area contributed by atoms with Crippen molar-refractivity contribution in [2.75, 3.05) is 32.0 Å². The predicted octanol–water partition coefficient (Wildman–Crippen LogP) is 1.62. The Bertz CT molecular complexity index is 737. The second kappa shape index (κ2) is 9.83. The number of carbonyl (C=O) groups is 1. The van der Waals surface area contributed by atoms with Crippen LogP contribution in [0.5, 0.6) is 11.5 Å². The van der Waals surface area contributed by atoms with Crippen molar-refractivity contribution in [3.05, 3.63) is 28.4 Å². The molecule has 0 fully saturated rings. The third-order valence-electron chi connectivity index (χ3n) is 3.30. The molecule has 0 spiro atoms. The Hall–Kier alpha value is -2.52. The Balaban J connectivity index is 1.83. The molecule has 1 heterocycles. The second-order valence-electron chi connectivity index (χ2n) is 5.20. The highest BCUT2D eigenvalue weighted by molar-refractivity contribution is 6.32. The fourth-order valence-electron chi connectivity index (χ4n) is 2.20. The molecule has 0 saturated carbocycles. The molecule has 0 atom stereocenters. The lowest BCUT2D eigenvalue weighted by atomic mass is 10.2. The van der Waals surface area contributed by atoms with E-state index in [-0.39, 0.29) is 11.5 Å². The summed E-state index contributed by atoms with van der Waals surface area (Å²) in [4.78, 5) is 11.8. The van der Waals surface area contributed by atoms with Crippen LogP contribution >= 0.6 is 11.6 Å². The molecule has 2 rings (SSSR count). The number of anilines is 1. The van der Waals surface area contributed by atoms with Gasteiger partial charge in [-0.2, -0.15) is 0 Å². The largest absolute Gasteiger partial charge is 0.490 e. The molecule has 0 saturated heterocycles. The fourth-order valence-corrected chi connectivity index (χ4v) is 2.49. The van der Waals surface area contributed by atoms with E-state index in [9.17, 15) is 4.79 Å². The maximum Gasteiger partial charge on any atom is 0.277 e. The van der Waals surface area contributed by atoms with Crippen LogP contribution in [-0.2, 0) is 6.54 Å². The maximum atomic E-state index is 11.8. The summed E-state index contributed by atoms with van der Waals surface area (Å²) in [5, 5.41) is 13.2. The van der Waals surface area contributed by atoms with Gasteiger partial charge in [-0.15, -0.1) is 0 Å².